The number of esters is 1. The van der Waals surface area contributed by atoms with Crippen molar-refractivity contribution in [2.24, 2.45) is 11.8 Å². The minimum absolute atomic E-state index is 0.199. The van der Waals surface area contributed by atoms with E-state index >= 15 is 0 Å². The van der Waals surface area contributed by atoms with Gasteiger partial charge in [-0.25, -0.2) is 0 Å². The highest BCUT2D eigenvalue weighted by Crippen LogP contribution is 2.37. The van der Waals surface area contributed by atoms with E-state index in [1.165, 1.54) is 4.90 Å². The first-order chi connectivity index (χ1) is 11.8. The van der Waals surface area contributed by atoms with Gasteiger partial charge in [-0.3, -0.25) is 28.9 Å². The summed E-state index contributed by atoms with van der Waals surface area (Å²) in [5, 5.41) is 2.32. The molecular formula is C16H23N3O6. The molecule has 0 radical (unpaired) electrons. The zero-order valence-corrected chi connectivity index (χ0v) is 14.4. The van der Waals surface area contributed by atoms with Crippen molar-refractivity contribution < 1.29 is 28.7 Å². The molecule has 25 heavy (non-hydrogen) atoms. The highest BCUT2D eigenvalue weighted by atomic mass is 16.5. The van der Waals surface area contributed by atoms with Crippen LogP contribution in [0.5, 0.6) is 0 Å². The van der Waals surface area contributed by atoms with Gasteiger partial charge in [0.25, 0.3) is 5.91 Å². The third-order valence-corrected chi connectivity index (χ3v) is 4.52. The van der Waals surface area contributed by atoms with Crippen molar-refractivity contribution in [3.8, 4) is 0 Å². The molecule has 9 nitrogen and oxygen atoms in total. The number of ether oxygens (including phenoxy) is 1. The van der Waals surface area contributed by atoms with Gasteiger partial charge in [0.15, 0.2) is 6.61 Å². The monoisotopic (exact) mass is 353 g/mol. The summed E-state index contributed by atoms with van der Waals surface area (Å²) in [7, 11) is 3.10. The third kappa shape index (κ3) is 4.55. The molecule has 2 atom stereocenters. The second-order valence-corrected chi connectivity index (χ2v) is 6.49. The van der Waals surface area contributed by atoms with E-state index in [-0.39, 0.29) is 36.1 Å². The molecule has 1 heterocycles. The summed E-state index contributed by atoms with van der Waals surface area (Å²) in [5.74, 6) is -3.05. The maximum Gasteiger partial charge on any atom is 0.326 e. The average molecular weight is 353 g/mol. The molecular weight excluding hydrogens is 330 g/mol. The van der Waals surface area contributed by atoms with Crippen molar-refractivity contribution >= 4 is 29.6 Å². The van der Waals surface area contributed by atoms with Crippen LogP contribution in [0, 0.1) is 11.8 Å². The van der Waals surface area contributed by atoms with Crippen molar-refractivity contribution in [1.29, 1.82) is 0 Å². The van der Waals surface area contributed by atoms with Crippen molar-refractivity contribution in [2.45, 2.75) is 25.7 Å². The molecule has 1 saturated carbocycles. The lowest BCUT2D eigenvalue weighted by Gasteiger charge is -2.19. The van der Waals surface area contributed by atoms with Crippen LogP contribution in [0.15, 0.2) is 0 Å². The summed E-state index contributed by atoms with van der Waals surface area (Å²) in [4.78, 5) is 61.4. The van der Waals surface area contributed by atoms with Crippen molar-refractivity contribution in [3.63, 3.8) is 0 Å². The van der Waals surface area contributed by atoms with Crippen LogP contribution in [0.2, 0.25) is 0 Å². The Bertz CT molecular complexity index is 564. The first-order valence-corrected chi connectivity index (χ1v) is 8.29. The number of fused-ring (bicyclic) bond motifs is 1. The molecule has 0 aromatic heterocycles. The molecule has 0 bridgehead atoms. The fourth-order valence-electron chi connectivity index (χ4n) is 3.09. The number of rotatable bonds is 6. The smallest absolute Gasteiger partial charge is 0.326 e. The van der Waals surface area contributed by atoms with E-state index in [4.69, 9.17) is 4.74 Å². The minimum atomic E-state index is -0.825. The molecule has 1 aliphatic heterocycles. The van der Waals surface area contributed by atoms with Crippen LogP contribution in [0.1, 0.15) is 25.7 Å². The number of nitrogens with one attached hydrogen (secondary N) is 1. The molecule has 4 amide bonds. The average Bonchev–Trinajstić information content (AvgIpc) is 2.83. The largest absolute Gasteiger partial charge is 0.454 e. The number of likely N-dealkylation sites (tertiary alicyclic amines) is 1. The van der Waals surface area contributed by atoms with Crippen LogP contribution in [-0.2, 0) is 28.7 Å². The summed E-state index contributed by atoms with van der Waals surface area (Å²) >= 11 is 0. The number of carbonyl (C=O) groups excluding carboxylic acids is 5. The topological polar surface area (TPSA) is 113 Å². The SMILES string of the molecule is CN(C)C(=O)CNC(=O)COC(=O)CN1C(=O)[C@@H]2CCCC[C@H]2C1=O. The quantitative estimate of drug-likeness (QED) is 0.479. The Kier molecular flexibility index (Phi) is 6.11. The second kappa shape index (κ2) is 8.09. The molecule has 1 N–H and O–H groups in total. The maximum absolute atomic E-state index is 12.2. The van der Waals surface area contributed by atoms with Crippen molar-refractivity contribution in [3.05, 3.63) is 0 Å². The van der Waals surface area contributed by atoms with E-state index in [0.717, 1.165) is 17.7 Å². The van der Waals surface area contributed by atoms with Gasteiger partial charge in [-0.2, -0.15) is 0 Å². The molecule has 0 aromatic rings. The van der Waals surface area contributed by atoms with Gasteiger partial charge in [0, 0.05) is 14.1 Å². The number of carbonyl (C=O) groups is 5. The van der Waals surface area contributed by atoms with Gasteiger partial charge in [-0.05, 0) is 12.8 Å². The van der Waals surface area contributed by atoms with Crippen LogP contribution >= 0.6 is 0 Å². The van der Waals surface area contributed by atoms with E-state index in [1.54, 1.807) is 14.1 Å². The van der Waals surface area contributed by atoms with E-state index in [9.17, 15) is 24.0 Å². The van der Waals surface area contributed by atoms with Crippen LogP contribution in [0.3, 0.4) is 0 Å². The highest BCUT2D eigenvalue weighted by molar-refractivity contribution is 6.07. The number of amides is 4. The molecule has 2 aliphatic rings. The Morgan fingerprint density at radius 2 is 1.68 bits per heavy atom. The minimum Gasteiger partial charge on any atom is -0.454 e. The number of hydrogen-bond acceptors (Lipinski definition) is 6. The normalized spacial score (nSPS) is 22.4. The van der Waals surface area contributed by atoms with E-state index in [0.29, 0.717) is 12.8 Å². The van der Waals surface area contributed by atoms with Gasteiger partial charge in [-0.15, -0.1) is 0 Å². The fourth-order valence-corrected chi connectivity index (χ4v) is 3.09. The van der Waals surface area contributed by atoms with Crippen LogP contribution in [0.25, 0.3) is 0 Å². The number of nitrogens with zero attached hydrogens (tertiary/aromatic N) is 2. The predicted molar refractivity (Wildman–Crippen MR) is 84.8 cm³/mol. The predicted octanol–water partition coefficient (Wildman–Crippen LogP) is -1.09. The first kappa shape index (κ1) is 18.9. The van der Waals surface area contributed by atoms with Gasteiger partial charge in [0.05, 0.1) is 18.4 Å². The lowest BCUT2D eigenvalue weighted by atomic mass is 9.81. The summed E-state index contributed by atoms with van der Waals surface area (Å²) < 4.78 is 4.79. The van der Waals surface area contributed by atoms with Gasteiger partial charge in [-0.1, -0.05) is 12.8 Å². The van der Waals surface area contributed by atoms with Crippen molar-refractivity contribution in [1.82, 2.24) is 15.1 Å². The van der Waals surface area contributed by atoms with Crippen LogP contribution < -0.4 is 5.32 Å². The summed E-state index contributed by atoms with van der Waals surface area (Å²) in [5.41, 5.74) is 0. The molecule has 2 fully saturated rings. The molecule has 0 spiro atoms. The third-order valence-electron chi connectivity index (χ3n) is 4.52. The molecule has 9 heteroatoms. The molecule has 0 unspecified atom stereocenters. The lowest BCUT2D eigenvalue weighted by Crippen LogP contribution is -2.40. The Morgan fingerprint density at radius 3 is 2.20 bits per heavy atom. The zero-order valence-electron chi connectivity index (χ0n) is 14.4. The Balaban J connectivity index is 1.76. The first-order valence-electron chi connectivity index (χ1n) is 8.29. The van der Waals surface area contributed by atoms with Gasteiger partial charge < -0.3 is 15.0 Å². The fraction of sp³-hybridized carbons (Fsp3) is 0.688. The maximum atomic E-state index is 12.2. The van der Waals surface area contributed by atoms with Gasteiger partial charge >= 0.3 is 5.97 Å². The number of imide groups is 1. The summed E-state index contributed by atoms with van der Waals surface area (Å²) in [6.07, 6.45) is 3.15. The Labute approximate surface area is 145 Å². The Morgan fingerprint density at radius 1 is 1.12 bits per heavy atom. The number of hydrogen-bond donors (Lipinski definition) is 1. The molecule has 1 aliphatic carbocycles. The summed E-state index contributed by atoms with van der Waals surface area (Å²) in [6, 6.07) is 0. The highest BCUT2D eigenvalue weighted by Gasteiger charge is 2.48. The molecule has 1 saturated heterocycles. The number of likely N-dealkylation sites (N-methyl/N-ethyl adjacent to an activating group) is 1. The molecule has 138 valence electrons. The van der Waals surface area contributed by atoms with Crippen LogP contribution in [0.4, 0.5) is 0 Å². The van der Waals surface area contributed by atoms with E-state index in [1.807, 2.05) is 0 Å². The molecule has 0 aromatic carbocycles. The lowest BCUT2D eigenvalue weighted by molar-refractivity contribution is -0.155. The van der Waals surface area contributed by atoms with Gasteiger partial charge in [0.2, 0.25) is 17.7 Å². The standard InChI is InChI=1S/C16H23N3O6/c1-18(2)13(21)7-17-12(20)9-25-14(22)8-19-15(23)10-5-3-4-6-11(10)16(19)24/h10-11H,3-9H2,1-2H3,(H,17,20)/t10-,11-/m1/s1. The van der Waals surface area contributed by atoms with Crippen molar-refractivity contribution in [2.75, 3.05) is 33.8 Å². The van der Waals surface area contributed by atoms with Gasteiger partial charge in [0.1, 0.15) is 6.54 Å². The van der Waals surface area contributed by atoms with E-state index < -0.39 is 25.0 Å². The molecule has 2 rings (SSSR count). The summed E-state index contributed by atoms with van der Waals surface area (Å²) in [6.45, 7) is -1.24. The Hall–Kier alpha value is -2.45. The van der Waals surface area contributed by atoms with Crippen LogP contribution in [-0.4, -0.2) is 73.2 Å². The zero-order chi connectivity index (χ0) is 18.6. The second-order valence-electron chi connectivity index (χ2n) is 6.49. The van der Waals surface area contributed by atoms with E-state index in [2.05, 4.69) is 5.32 Å².